The molecule has 0 fully saturated rings. The van der Waals surface area contributed by atoms with Crippen LogP contribution in [0, 0.1) is 6.92 Å². The minimum absolute atomic E-state index is 0.0889. The number of ether oxygens (including phenoxy) is 1. The summed E-state index contributed by atoms with van der Waals surface area (Å²) in [6, 6.07) is 4.56. The summed E-state index contributed by atoms with van der Waals surface area (Å²) in [6.45, 7) is 10.8. The van der Waals surface area contributed by atoms with E-state index in [-0.39, 0.29) is 11.5 Å². The molecule has 0 bridgehead atoms. The first kappa shape index (κ1) is 14.0. The van der Waals surface area contributed by atoms with Crippen LogP contribution in [0.15, 0.2) is 12.1 Å². The van der Waals surface area contributed by atoms with Crippen molar-refractivity contribution in [3.05, 3.63) is 28.8 Å². The minimum Gasteiger partial charge on any atom is -0.496 e. The Balaban J connectivity index is 3.28. The Hall–Kier alpha value is -1.02. The van der Waals surface area contributed by atoms with E-state index in [1.54, 1.807) is 7.11 Å². The molecule has 1 rings (SSSR count). The summed E-state index contributed by atoms with van der Waals surface area (Å²) in [5.74, 6) is 0.975. The van der Waals surface area contributed by atoms with Crippen molar-refractivity contribution in [2.45, 2.75) is 52.5 Å². The molecule has 0 saturated heterocycles. The molecule has 0 aliphatic carbocycles. The highest BCUT2D eigenvalue weighted by atomic mass is 16.5. The Bertz CT molecular complexity index is 389. The summed E-state index contributed by atoms with van der Waals surface area (Å²) in [5.41, 5.74) is 9.81. The lowest BCUT2D eigenvalue weighted by Crippen LogP contribution is -2.20. The maximum atomic E-state index is 5.89. The molecule has 0 heterocycles. The molecule has 0 amide bonds. The molecule has 0 saturated carbocycles. The molecule has 96 valence electrons. The van der Waals surface area contributed by atoms with Gasteiger partial charge in [-0.25, -0.2) is 0 Å². The van der Waals surface area contributed by atoms with Crippen LogP contribution in [0.5, 0.6) is 5.75 Å². The molecule has 1 atom stereocenters. The predicted octanol–water partition coefficient (Wildman–Crippen LogP) is 3.19. The Morgan fingerprint density at radius 1 is 1.29 bits per heavy atom. The Labute approximate surface area is 105 Å². The molecule has 2 heteroatoms. The number of nitrogens with two attached hydrogens (primary N) is 1. The van der Waals surface area contributed by atoms with Crippen molar-refractivity contribution in [1.82, 2.24) is 0 Å². The molecule has 0 aliphatic heterocycles. The zero-order valence-electron chi connectivity index (χ0n) is 11.9. The van der Waals surface area contributed by atoms with Gasteiger partial charge >= 0.3 is 0 Å². The van der Waals surface area contributed by atoms with Crippen LogP contribution in [0.25, 0.3) is 0 Å². The van der Waals surface area contributed by atoms with E-state index < -0.39 is 0 Å². The van der Waals surface area contributed by atoms with Crippen molar-refractivity contribution in [2.24, 2.45) is 5.73 Å². The summed E-state index contributed by atoms with van der Waals surface area (Å²) in [7, 11) is 1.73. The first-order valence-electron chi connectivity index (χ1n) is 6.19. The summed E-state index contributed by atoms with van der Waals surface area (Å²) < 4.78 is 5.48. The van der Waals surface area contributed by atoms with Gasteiger partial charge in [-0.15, -0.1) is 0 Å². The maximum Gasteiger partial charge on any atom is 0.122 e. The Kier molecular flexibility index (Phi) is 4.21. The van der Waals surface area contributed by atoms with Crippen molar-refractivity contribution >= 4 is 0 Å². The quantitative estimate of drug-likeness (QED) is 0.873. The maximum absolute atomic E-state index is 5.89. The average molecular weight is 235 g/mol. The molecular formula is C15H25NO. The van der Waals surface area contributed by atoms with E-state index in [1.165, 1.54) is 16.7 Å². The molecule has 2 N–H and O–H groups in total. The predicted molar refractivity (Wildman–Crippen MR) is 73.8 cm³/mol. The van der Waals surface area contributed by atoms with Gasteiger partial charge in [-0.2, -0.15) is 0 Å². The van der Waals surface area contributed by atoms with Gasteiger partial charge in [0.15, 0.2) is 0 Å². The van der Waals surface area contributed by atoms with Gasteiger partial charge < -0.3 is 10.5 Å². The summed E-state index contributed by atoms with van der Waals surface area (Å²) in [6.07, 6.45) is 0.916. The fourth-order valence-electron chi connectivity index (χ4n) is 2.05. The average Bonchev–Trinajstić information content (AvgIpc) is 2.18. The third-order valence-electron chi connectivity index (χ3n) is 3.01. The molecular weight excluding hydrogens is 210 g/mol. The normalized spacial score (nSPS) is 13.6. The molecule has 0 aliphatic rings. The van der Waals surface area contributed by atoms with Crippen molar-refractivity contribution in [1.29, 1.82) is 0 Å². The van der Waals surface area contributed by atoms with E-state index in [2.05, 4.69) is 39.8 Å². The van der Waals surface area contributed by atoms with E-state index in [0.717, 1.165) is 12.2 Å². The number of hydrogen-bond acceptors (Lipinski definition) is 2. The van der Waals surface area contributed by atoms with Crippen LogP contribution < -0.4 is 10.5 Å². The van der Waals surface area contributed by atoms with Gasteiger partial charge in [0.2, 0.25) is 0 Å². The Morgan fingerprint density at radius 2 is 1.88 bits per heavy atom. The summed E-state index contributed by atoms with van der Waals surface area (Å²) >= 11 is 0. The van der Waals surface area contributed by atoms with Gasteiger partial charge in [-0.3, -0.25) is 0 Å². The van der Waals surface area contributed by atoms with Gasteiger partial charge in [0.25, 0.3) is 0 Å². The van der Waals surface area contributed by atoms with E-state index in [1.807, 2.05) is 6.92 Å². The highest BCUT2D eigenvalue weighted by Crippen LogP contribution is 2.33. The van der Waals surface area contributed by atoms with Gasteiger partial charge in [0.05, 0.1) is 7.11 Å². The van der Waals surface area contributed by atoms with Crippen LogP contribution in [0.4, 0.5) is 0 Å². The van der Waals surface area contributed by atoms with E-state index in [9.17, 15) is 0 Å². The van der Waals surface area contributed by atoms with E-state index >= 15 is 0 Å². The zero-order valence-corrected chi connectivity index (χ0v) is 11.9. The van der Waals surface area contributed by atoms with Crippen LogP contribution in [0.1, 0.15) is 44.4 Å². The zero-order chi connectivity index (χ0) is 13.2. The second-order valence-electron chi connectivity index (χ2n) is 5.91. The molecule has 1 unspecified atom stereocenters. The Morgan fingerprint density at radius 3 is 2.29 bits per heavy atom. The van der Waals surface area contributed by atoms with Crippen LogP contribution >= 0.6 is 0 Å². The lowest BCUT2D eigenvalue weighted by molar-refractivity contribution is 0.397. The van der Waals surface area contributed by atoms with Gasteiger partial charge in [0.1, 0.15) is 5.75 Å². The monoisotopic (exact) mass is 235 g/mol. The number of methoxy groups -OCH3 is 1. The lowest BCUT2D eigenvalue weighted by atomic mass is 9.83. The topological polar surface area (TPSA) is 35.2 Å². The van der Waals surface area contributed by atoms with Crippen molar-refractivity contribution in [2.75, 3.05) is 7.11 Å². The summed E-state index contributed by atoms with van der Waals surface area (Å²) in [4.78, 5) is 0. The number of aryl methyl sites for hydroxylation is 1. The molecule has 17 heavy (non-hydrogen) atoms. The van der Waals surface area contributed by atoms with Crippen LogP contribution in [-0.2, 0) is 11.8 Å². The first-order chi connectivity index (χ1) is 7.75. The van der Waals surface area contributed by atoms with Crippen molar-refractivity contribution in [3.8, 4) is 5.75 Å². The largest absolute Gasteiger partial charge is 0.496 e. The van der Waals surface area contributed by atoms with Crippen molar-refractivity contribution < 1.29 is 4.74 Å². The van der Waals surface area contributed by atoms with E-state index in [4.69, 9.17) is 10.5 Å². The molecule has 1 aromatic carbocycles. The van der Waals surface area contributed by atoms with Crippen molar-refractivity contribution in [3.63, 3.8) is 0 Å². The van der Waals surface area contributed by atoms with E-state index in [0.29, 0.717) is 0 Å². The fourth-order valence-corrected chi connectivity index (χ4v) is 2.05. The van der Waals surface area contributed by atoms with Gasteiger partial charge in [0, 0.05) is 6.04 Å². The fraction of sp³-hybridized carbons (Fsp3) is 0.600. The highest BCUT2D eigenvalue weighted by Gasteiger charge is 2.20. The smallest absolute Gasteiger partial charge is 0.122 e. The lowest BCUT2D eigenvalue weighted by Gasteiger charge is -2.24. The second kappa shape index (κ2) is 5.09. The number of benzene rings is 1. The third kappa shape index (κ3) is 3.47. The molecule has 0 spiro atoms. The minimum atomic E-state index is 0.0889. The summed E-state index contributed by atoms with van der Waals surface area (Å²) in [5, 5.41) is 0. The number of rotatable bonds is 3. The molecule has 2 nitrogen and oxygen atoms in total. The molecule has 0 aromatic heterocycles. The highest BCUT2D eigenvalue weighted by molar-refractivity contribution is 5.45. The van der Waals surface area contributed by atoms with Crippen LogP contribution in [0.3, 0.4) is 0 Å². The van der Waals surface area contributed by atoms with Gasteiger partial charge in [-0.1, -0.05) is 26.8 Å². The third-order valence-corrected chi connectivity index (χ3v) is 3.01. The standard InChI is InChI=1S/C15H25NO/c1-10-7-14(17-6)13(15(3,4)5)9-12(10)8-11(2)16/h7,9,11H,8,16H2,1-6H3. The molecule has 0 radical (unpaired) electrons. The first-order valence-corrected chi connectivity index (χ1v) is 6.19. The SMILES string of the molecule is COc1cc(C)c(CC(C)N)cc1C(C)(C)C. The van der Waals surface area contributed by atoms with Gasteiger partial charge in [-0.05, 0) is 48.4 Å². The van der Waals surface area contributed by atoms with Crippen LogP contribution in [0.2, 0.25) is 0 Å². The molecule has 1 aromatic rings. The van der Waals surface area contributed by atoms with Crippen LogP contribution in [-0.4, -0.2) is 13.2 Å². The number of hydrogen-bond donors (Lipinski definition) is 1. The second-order valence-corrected chi connectivity index (χ2v) is 5.91.